The maximum absolute atomic E-state index is 12.1. The molecule has 0 aromatic rings. The van der Waals surface area contributed by atoms with Gasteiger partial charge < -0.3 is 20.9 Å². The maximum atomic E-state index is 12.1. The Labute approximate surface area is 137 Å². The molecule has 8 heteroatoms. The van der Waals surface area contributed by atoms with Gasteiger partial charge >= 0.3 is 12.1 Å². The predicted octanol–water partition coefficient (Wildman–Crippen LogP) is 1.40. The minimum atomic E-state index is -0.739. The van der Waals surface area contributed by atoms with E-state index in [1.54, 1.807) is 41.5 Å². The van der Waals surface area contributed by atoms with Gasteiger partial charge in [0, 0.05) is 6.54 Å². The summed E-state index contributed by atoms with van der Waals surface area (Å²) >= 11 is 0. The minimum absolute atomic E-state index is 0.0139. The van der Waals surface area contributed by atoms with Crippen LogP contribution in [0.2, 0.25) is 0 Å². The molecule has 0 atom stereocenters. The van der Waals surface area contributed by atoms with E-state index in [2.05, 4.69) is 10.3 Å². The molecule has 0 aromatic carbocycles. The summed E-state index contributed by atoms with van der Waals surface area (Å²) in [5, 5.41) is 2.40. The number of carbonyl (C=O) groups excluding carboxylic acids is 2. The first-order chi connectivity index (χ1) is 10.3. The third-order valence-corrected chi connectivity index (χ3v) is 2.03. The van der Waals surface area contributed by atoms with E-state index in [9.17, 15) is 9.59 Å². The fourth-order valence-corrected chi connectivity index (χ4v) is 1.33. The second-order valence-electron chi connectivity index (χ2n) is 6.84. The summed E-state index contributed by atoms with van der Waals surface area (Å²) < 4.78 is 10.4. The van der Waals surface area contributed by atoms with Crippen molar-refractivity contribution in [3.8, 4) is 0 Å². The topological polar surface area (TPSA) is 129 Å². The molecule has 0 aliphatic carbocycles. The van der Waals surface area contributed by atoms with Gasteiger partial charge in [0.1, 0.15) is 16.9 Å². The van der Waals surface area contributed by atoms with Crippen molar-refractivity contribution in [2.45, 2.75) is 59.2 Å². The molecule has 0 aliphatic rings. The lowest BCUT2D eigenvalue weighted by atomic mass is 10.2. The Bertz CT molecular complexity index is 481. The lowest BCUT2D eigenvalue weighted by Crippen LogP contribution is -2.36. The molecule has 0 radical (unpaired) electrons. The van der Waals surface area contributed by atoms with E-state index in [1.807, 2.05) is 0 Å². The lowest BCUT2D eigenvalue weighted by molar-refractivity contribution is -0.150. The highest BCUT2D eigenvalue weighted by molar-refractivity contribution is 5.92. The number of alkyl carbamates (subject to hydrolysis) is 1. The second kappa shape index (κ2) is 8.40. The Hall–Kier alpha value is -2.25. The molecule has 5 N–H and O–H groups in total. The van der Waals surface area contributed by atoms with Crippen LogP contribution in [0.25, 0.3) is 0 Å². The quantitative estimate of drug-likeness (QED) is 0.230. The number of rotatable bonds is 5. The van der Waals surface area contributed by atoms with Gasteiger partial charge in [-0.05, 0) is 48.0 Å². The van der Waals surface area contributed by atoms with Crippen LogP contribution >= 0.6 is 0 Å². The monoisotopic (exact) mass is 328 g/mol. The normalized spacial score (nSPS) is 12.3. The number of carbonyl (C=O) groups is 2. The summed E-state index contributed by atoms with van der Waals surface area (Å²) in [6, 6.07) is 0. The zero-order chi connectivity index (χ0) is 18.3. The van der Waals surface area contributed by atoms with Crippen LogP contribution in [-0.2, 0) is 14.3 Å². The number of guanidine groups is 1. The third kappa shape index (κ3) is 12.0. The third-order valence-electron chi connectivity index (χ3n) is 2.03. The fraction of sp³-hybridized carbons (Fsp3) is 0.667. The van der Waals surface area contributed by atoms with Crippen molar-refractivity contribution in [1.29, 1.82) is 0 Å². The summed E-state index contributed by atoms with van der Waals surface area (Å²) in [5.74, 6) is -0.703. The van der Waals surface area contributed by atoms with Gasteiger partial charge in [-0.25, -0.2) is 9.59 Å². The van der Waals surface area contributed by atoms with E-state index < -0.39 is 23.3 Å². The zero-order valence-electron chi connectivity index (χ0n) is 14.7. The summed E-state index contributed by atoms with van der Waals surface area (Å²) in [7, 11) is 0. The Morgan fingerprint density at radius 1 is 1.04 bits per heavy atom. The molecule has 0 bridgehead atoms. The molecule has 0 unspecified atom stereocenters. The van der Waals surface area contributed by atoms with E-state index in [-0.39, 0.29) is 18.2 Å². The molecule has 0 aromatic heterocycles. The van der Waals surface area contributed by atoms with Gasteiger partial charge in [-0.2, -0.15) is 0 Å². The average molecular weight is 328 g/mol. The van der Waals surface area contributed by atoms with Crippen molar-refractivity contribution in [2.75, 3.05) is 6.54 Å². The number of ether oxygens (including phenoxy) is 2. The summed E-state index contributed by atoms with van der Waals surface area (Å²) in [6.45, 7) is 10.7. The number of nitrogens with two attached hydrogens (primary N) is 2. The molecule has 0 saturated carbocycles. The van der Waals surface area contributed by atoms with E-state index in [0.29, 0.717) is 6.42 Å². The van der Waals surface area contributed by atoms with Crippen LogP contribution in [0.5, 0.6) is 0 Å². The predicted molar refractivity (Wildman–Crippen MR) is 88.6 cm³/mol. The number of nitrogens with zero attached hydrogens (tertiary/aromatic N) is 1. The molecule has 0 fully saturated rings. The van der Waals surface area contributed by atoms with Gasteiger partial charge in [0.05, 0.1) is 0 Å². The highest BCUT2D eigenvalue weighted by Gasteiger charge is 2.23. The van der Waals surface area contributed by atoms with Crippen molar-refractivity contribution in [3.05, 3.63) is 11.8 Å². The molecular weight excluding hydrogens is 300 g/mol. The Balaban J connectivity index is 4.99. The van der Waals surface area contributed by atoms with Gasteiger partial charge in [-0.15, -0.1) is 0 Å². The largest absolute Gasteiger partial charge is 0.455 e. The highest BCUT2D eigenvalue weighted by atomic mass is 16.6. The highest BCUT2D eigenvalue weighted by Crippen LogP contribution is 2.12. The molecule has 0 saturated heterocycles. The van der Waals surface area contributed by atoms with Gasteiger partial charge in [0.15, 0.2) is 5.96 Å². The van der Waals surface area contributed by atoms with E-state index in [4.69, 9.17) is 20.9 Å². The number of nitrogens with one attached hydrogen (secondary N) is 1. The van der Waals surface area contributed by atoms with Gasteiger partial charge in [0.25, 0.3) is 0 Å². The SMILES string of the molecule is CC(C)(C)OC(=O)N/C(=C/CCN=C(N)N)C(=O)OC(C)(C)C. The smallest absolute Gasteiger partial charge is 0.412 e. The van der Waals surface area contributed by atoms with Crippen molar-refractivity contribution in [1.82, 2.24) is 5.32 Å². The maximum Gasteiger partial charge on any atom is 0.412 e. The summed E-state index contributed by atoms with van der Waals surface area (Å²) in [6.07, 6.45) is 1.10. The van der Waals surface area contributed by atoms with Gasteiger partial charge in [0.2, 0.25) is 0 Å². The Morgan fingerprint density at radius 3 is 2.00 bits per heavy atom. The molecule has 0 rings (SSSR count). The molecule has 0 heterocycles. The first kappa shape index (κ1) is 20.8. The molecule has 0 aliphatic heterocycles. The van der Waals surface area contributed by atoms with E-state index >= 15 is 0 Å². The zero-order valence-corrected chi connectivity index (χ0v) is 14.7. The van der Waals surface area contributed by atoms with Crippen LogP contribution in [0.3, 0.4) is 0 Å². The molecular formula is C15H28N4O4. The van der Waals surface area contributed by atoms with Crippen LogP contribution in [0, 0.1) is 0 Å². The molecule has 0 spiro atoms. The standard InChI is InChI=1S/C15H28N4O4/c1-14(2,3)22-11(20)10(8-7-9-18-12(16)17)19-13(21)23-15(4,5)6/h8H,7,9H2,1-6H3,(H,19,21)(H4,16,17,18)/b10-8+. The number of hydrogen-bond acceptors (Lipinski definition) is 5. The van der Waals surface area contributed by atoms with Crippen LogP contribution in [-0.4, -0.2) is 35.8 Å². The first-order valence-electron chi connectivity index (χ1n) is 7.29. The number of aliphatic imine (C=N–C) groups is 1. The lowest BCUT2D eigenvalue weighted by Gasteiger charge is -2.23. The van der Waals surface area contributed by atoms with Crippen LogP contribution in [0.1, 0.15) is 48.0 Å². The van der Waals surface area contributed by atoms with E-state index in [0.717, 1.165) is 0 Å². The van der Waals surface area contributed by atoms with Crippen molar-refractivity contribution < 1.29 is 19.1 Å². The van der Waals surface area contributed by atoms with Crippen LogP contribution in [0.15, 0.2) is 16.8 Å². The fourth-order valence-electron chi connectivity index (χ4n) is 1.33. The Morgan fingerprint density at radius 2 is 1.57 bits per heavy atom. The minimum Gasteiger partial charge on any atom is -0.455 e. The van der Waals surface area contributed by atoms with Crippen molar-refractivity contribution >= 4 is 18.0 Å². The van der Waals surface area contributed by atoms with Gasteiger partial charge in [-0.1, -0.05) is 6.08 Å². The van der Waals surface area contributed by atoms with Crippen molar-refractivity contribution in [3.63, 3.8) is 0 Å². The molecule has 132 valence electrons. The van der Waals surface area contributed by atoms with Crippen molar-refractivity contribution in [2.24, 2.45) is 16.5 Å². The average Bonchev–Trinajstić information content (AvgIpc) is 2.27. The first-order valence-corrected chi connectivity index (χ1v) is 7.29. The van der Waals surface area contributed by atoms with Crippen LogP contribution in [0.4, 0.5) is 4.79 Å². The number of esters is 1. The molecule has 23 heavy (non-hydrogen) atoms. The second-order valence-corrected chi connectivity index (χ2v) is 6.84. The molecule has 1 amide bonds. The summed E-state index contributed by atoms with van der Waals surface area (Å²) in [5.41, 5.74) is 9.07. The van der Waals surface area contributed by atoms with Gasteiger partial charge in [-0.3, -0.25) is 10.3 Å². The number of hydrogen-bond donors (Lipinski definition) is 3. The summed E-state index contributed by atoms with van der Waals surface area (Å²) in [4.78, 5) is 27.8. The Kier molecular flexibility index (Phi) is 7.58. The van der Waals surface area contributed by atoms with Crippen LogP contribution < -0.4 is 16.8 Å². The van der Waals surface area contributed by atoms with E-state index in [1.165, 1.54) is 6.08 Å². The number of amides is 1. The molecule has 8 nitrogen and oxygen atoms in total.